The van der Waals surface area contributed by atoms with Gasteiger partial charge in [0.05, 0.1) is 6.10 Å². The summed E-state index contributed by atoms with van der Waals surface area (Å²) in [6, 6.07) is 0.483. The number of hydrogen-bond acceptors (Lipinski definition) is 3. The standard InChI is InChI=1S/C14H28N2O2/c1-6-15-10(3)8-13(17)16-11-9-12(18-7-2)14(11,4)5/h10-12,15H,6-9H2,1-5H3,(H,16,17). The number of ether oxygens (including phenoxy) is 1. The van der Waals surface area contributed by atoms with E-state index in [1.807, 2.05) is 13.8 Å². The van der Waals surface area contributed by atoms with Gasteiger partial charge < -0.3 is 15.4 Å². The zero-order valence-corrected chi connectivity index (χ0v) is 12.4. The molecule has 18 heavy (non-hydrogen) atoms. The van der Waals surface area contributed by atoms with Crippen molar-refractivity contribution in [1.82, 2.24) is 10.6 Å². The third-order valence-electron chi connectivity index (χ3n) is 3.92. The highest BCUT2D eigenvalue weighted by Gasteiger charge is 2.49. The highest BCUT2D eigenvalue weighted by molar-refractivity contribution is 5.77. The first-order chi connectivity index (χ1) is 8.41. The molecule has 1 aliphatic carbocycles. The lowest BCUT2D eigenvalue weighted by Crippen LogP contribution is -2.62. The fourth-order valence-corrected chi connectivity index (χ4v) is 2.57. The zero-order chi connectivity index (χ0) is 13.8. The molecule has 4 heteroatoms. The molecule has 1 saturated carbocycles. The summed E-state index contributed by atoms with van der Waals surface area (Å²) in [6.45, 7) is 12.1. The number of rotatable bonds is 7. The molecule has 4 nitrogen and oxygen atoms in total. The Hall–Kier alpha value is -0.610. The second-order valence-corrected chi connectivity index (χ2v) is 5.78. The van der Waals surface area contributed by atoms with Gasteiger partial charge in [0.1, 0.15) is 0 Å². The highest BCUT2D eigenvalue weighted by Crippen LogP contribution is 2.42. The largest absolute Gasteiger partial charge is 0.378 e. The molecule has 3 unspecified atom stereocenters. The molecule has 0 aliphatic heterocycles. The molecule has 106 valence electrons. The van der Waals surface area contributed by atoms with Crippen LogP contribution < -0.4 is 10.6 Å². The van der Waals surface area contributed by atoms with Crippen LogP contribution in [-0.2, 0) is 9.53 Å². The van der Waals surface area contributed by atoms with Crippen molar-refractivity contribution in [3.63, 3.8) is 0 Å². The van der Waals surface area contributed by atoms with Crippen molar-refractivity contribution in [2.24, 2.45) is 5.41 Å². The van der Waals surface area contributed by atoms with Gasteiger partial charge in [-0.1, -0.05) is 20.8 Å². The molecule has 3 atom stereocenters. The highest BCUT2D eigenvalue weighted by atomic mass is 16.5. The van der Waals surface area contributed by atoms with Gasteiger partial charge in [-0.15, -0.1) is 0 Å². The maximum Gasteiger partial charge on any atom is 0.221 e. The van der Waals surface area contributed by atoms with Crippen molar-refractivity contribution < 1.29 is 9.53 Å². The lowest BCUT2D eigenvalue weighted by Gasteiger charge is -2.51. The first kappa shape index (κ1) is 15.4. The Bertz CT molecular complexity index is 279. The third-order valence-corrected chi connectivity index (χ3v) is 3.92. The summed E-state index contributed by atoms with van der Waals surface area (Å²) in [5.74, 6) is 0.136. The van der Waals surface area contributed by atoms with Crippen LogP contribution in [0.15, 0.2) is 0 Å². The topological polar surface area (TPSA) is 50.4 Å². The zero-order valence-electron chi connectivity index (χ0n) is 12.4. The molecule has 0 aromatic rings. The predicted molar refractivity (Wildman–Crippen MR) is 73.5 cm³/mol. The molecular weight excluding hydrogens is 228 g/mol. The summed E-state index contributed by atoms with van der Waals surface area (Å²) in [5.41, 5.74) is 0.0487. The van der Waals surface area contributed by atoms with Crippen LogP contribution in [-0.4, -0.2) is 37.2 Å². The van der Waals surface area contributed by atoms with Crippen molar-refractivity contribution >= 4 is 5.91 Å². The summed E-state index contributed by atoms with van der Waals surface area (Å²) in [5, 5.41) is 6.38. The normalized spacial score (nSPS) is 27.4. The van der Waals surface area contributed by atoms with E-state index in [9.17, 15) is 4.79 Å². The minimum atomic E-state index is 0.0487. The first-order valence-electron chi connectivity index (χ1n) is 7.06. The Balaban J connectivity index is 2.34. The Morgan fingerprint density at radius 1 is 1.44 bits per heavy atom. The molecule has 1 amide bonds. The summed E-state index contributed by atoms with van der Waals surface area (Å²) in [6.07, 6.45) is 1.75. The van der Waals surface area contributed by atoms with Gasteiger partial charge in [-0.2, -0.15) is 0 Å². The van der Waals surface area contributed by atoms with Crippen LogP contribution in [0.25, 0.3) is 0 Å². The van der Waals surface area contributed by atoms with Crippen LogP contribution >= 0.6 is 0 Å². The summed E-state index contributed by atoms with van der Waals surface area (Å²) >= 11 is 0. The van der Waals surface area contributed by atoms with E-state index in [2.05, 4.69) is 31.4 Å². The van der Waals surface area contributed by atoms with E-state index in [4.69, 9.17) is 4.74 Å². The minimum absolute atomic E-state index is 0.0487. The van der Waals surface area contributed by atoms with Crippen LogP contribution in [0.2, 0.25) is 0 Å². The number of carbonyl (C=O) groups is 1. The molecule has 0 heterocycles. The Morgan fingerprint density at radius 2 is 2.11 bits per heavy atom. The number of amides is 1. The fourth-order valence-electron chi connectivity index (χ4n) is 2.57. The van der Waals surface area contributed by atoms with Gasteiger partial charge in [0.15, 0.2) is 0 Å². The van der Waals surface area contributed by atoms with Gasteiger partial charge in [0, 0.05) is 30.5 Å². The predicted octanol–water partition coefficient (Wildman–Crippen LogP) is 1.69. The van der Waals surface area contributed by atoms with Gasteiger partial charge in [-0.3, -0.25) is 4.79 Å². The maximum absolute atomic E-state index is 11.9. The minimum Gasteiger partial charge on any atom is -0.378 e. The van der Waals surface area contributed by atoms with Gasteiger partial charge in [0.25, 0.3) is 0 Å². The molecule has 0 spiro atoms. The molecule has 0 bridgehead atoms. The molecule has 1 fully saturated rings. The monoisotopic (exact) mass is 256 g/mol. The lowest BCUT2D eigenvalue weighted by atomic mass is 9.64. The Labute approximate surface area is 111 Å². The molecule has 0 radical (unpaired) electrons. The first-order valence-corrected chi connectivity index (χ1v) is 7.06. The average Bonchev–Trinajstić information content (AvgIpc) is 2.28. The molecule has 0 aromatic carbocycles. The van der Waals surface area contributed by atoms with Crippen LogP contribution in [0, 0.1) is 5.41 Å². The van der Waals surface area contributed by atoms with Crippen molar-refractivity contribution in [1.29, 1.82) is 0 Å². The van der Waals surface area contributed by atoms with E-state index in [0.29, 0.717) is 6.42 Å². The molecule has 1 aliphatic rings. The number of nitrogens with one attached hydrogen (secondary N) is 2. The summed E-state index contributed by atoms with van der Waals surface area (Å²) < 4.78 is 5.66. The maximum atomic E-state index is 11.9. The van der Waals surface area contributed by atoms with E-state index < -0.39 is 0 Å². The van der Waals surface area contributed by atoms with Crippen molar-refractivity contribution in [3.8, 4) is 0 Å². The average molecular weight is 256 g/mol. The number of hydrogen-bond donors (Lipinski definition) is 2. The van der Waals surface area contributed by atoms with Gasteiger partial charge >= 0.3 is 0 Å². The lowest BCUT2D eigenvalue weighted by molar-refractivity contribution is -0.136. The molecule has 2 N–H and O–H groups in total. The molecule has 0 aromatic heterocycles. The van der Waals surface area contributed by atoms with Crippen LogP contribution in [0.3, 0.4) is 0 Å². The van der Waals surface area contributed by atoms with E-state index in [-0.39, 0.29) is 29.5 Å². The summed E-state index contributed by atoms with van der Waals surface area (Å²) in [4.78, 5) is 11.9. The van der Waals surface area contributed by atoms with Crippen LogP contribution in [0.1, 0.15) is 47.5 Å². The second-order valence-electron chi connectivity index (χ2n) is 5.78. The Morgan fingerprint density at radius 3 is 2.61 bits per heavy atom. The smallest absolute Gasteiger partial charge is 0.221 e. The molecule has 0 saturated heterocycles. The van der Waals surface area contributed by atoms with Gasteiger partial charge in [-0.05, 0) is 26.8 Å². The van der Waals surface area contributed by atoms with Crippen LogP contribution in [0.4, 0.5) is 0 Å². The van der Waals surface area contributed by atoms with Crippen molar-refractivity contribution in [3.05, 3.63) is 0 Å². The molecular formula is C14H28N2O2. The van der Waals surface area contributed by atoms with E-state index in [1.54, 1.807) is 0 Å². The molecule has 1 rings (SSSR count). The quantitative estimate of drug-likeness (QED) is 0.729. The van der Waals surface area contributed by atoms with Crippen LogP contribution in [0.5, 0.6) is 0 Å². The SMILES string of the molecule is CCNC(C)CC(=O)NC1CC(OCC)C1(C)C. The second kappa shape index (κ2) is 6.53. The van der Waals surface area contributed by atoms with E-state index in [0.717, 1.165) is 19.6 Å². The fraction of sp³-hybridized carbons (Fsp3) is 0.929. The van der Waals surface area contributed by atoms with Gasteiger partial charge in [-0.25, -0.2) is 0 Å². The van der Waals surface area contributed by atoms with Gasteiger partial charge in [0.2, 0.25) is 5.91 Å². The van der Waals surface area contributed by atoms with E-state index in [1.165, 1.54) is 0 Å². The third kappa shape index (κ3) is 3.69. The van der Waals surface area contributed by atoms with Crippen molar-refractivity contribution in [2.45, 2.75) is 65.6 Å². The van der Waals surface area contributed by atoms with Crippen molar-refractivity contribution in [2.75, 3.05) is 13.2 Å². The summed E-state index contributed by atoms with van der Waals surface area (Å²) in [7, 11) is 0. The number of carbonyl (C=O) groups excluding carboxylic acids is 1. The Kier molecular flexibility index (Phi) is 5.60. The van der Waals surface area contributed by atoms with E-state index >= 15 is 0 Å².